The third-order valence-corrected chi connectivity index (χ3v) is 5.81. The number of H-pyrrole nitrogens is 1. The first-order chi connectivity index (χ1) is 16.1. The van der Waals surface area contributed by atoms with Gasteiger partial charge in [-0.2, -0.15) is 15.5 Å². The van der Waals surface area contributed by atoms with E-state index < -0.39 is 0 Å². The molecule has 0 aliphatic carbocycles. The van der Waals surface area contributed by atoms with Gasteiger partial charge in [0.25, 0.3) is 5.91 Å². The van der Waals surface area contributed by atoms with Gasteiger partial charge in [-0.1, -0.05) is 0 Å². The number of aromatic amines is 1. The summed E-state index contributed by atoms with van der Waals surface area (Å²) in [7, 11) is 0. The first-order valence-corrected chi connectivity index (χ1v) is 10.5. The van der Waals surface area contributed by atoms with E-state index in [-0.39, 0.29) is 5.91 Å². The number of nitrogens with one attached hydrogen (secondary N) is 1. The molecule has 5 rings (SSSR count). The van der Waals surface area contributed by atoms with Crippen LogP contribution in [0.15, 0.2) is 42.9 Å². The number of aryl methyl sites for hydroxylation is 1. The van der Waals surface area contributed by atoms with Gasteiger partial charge in [0.15, 0.2) is 0 Å². The molecule has 5 heterocycles. The first-order valence-electron chi connectivity index (χ1n) is 10.5. The topological polar surface area (TPSA) is 106 Å². The van der Waals surface area contributed by atoms with E-state index in [1.807, 2.05) is 37.4 Å². The number of anilines is 1. The normalized spacial score (nSPS) is 13.7. The zero-order valence-corrected chi connectivity index (χ0v) is 18.0. The van der Waals surface area contributed by atoms with Gasteiger partial charge < -0.3 is 9.80 Å². The Morgan fingerprint density at radius 2 is 1.97 bits per heavy atom. The number of carbonyl (C=O) groups is 1. The van der Waals surface area contributed by atoms with Crippen LogP contribution >= 0.6 is 0 Å². The molecule has 1 aliphatic rings. The summed E-state index contributed by atoms with van der Waals surface area (Å²) in [4.78, 5) is 20.2. The third-order valence-electron chi connectivity index (χ3n) is 5.81. The molecular formula is C24H20N8O. The smallest absolute Gasteiger partial charge is 0.298 e. The molecule has 1 aliphatic heterocycles. The summed E-state index contributed by atoms with van der Waals surface area (Å²) in [6, 6.07) is 10.1. The maximum absolute atomic E-state index is 11.7. The summed E-state index contributed by atoms with van der Waals surface area (Å²) >= 11 is 0. The highest BCUT2D eigenvalue weighted by atomic mass is 16.2. The number of fused-ring (bicyclic) bond motifs is 1. The van der Waals surface area contributed by atoms with E-state index in [1.165, 1.54) is 0 Å². The van der Waals surface area contributed by atoms with Crippen LogP contribution < -0.4 is 4.90 Å². The van der Waals surface area contributed by atoms with E-state index in [0.717, 1.165) is 39.4 Å². The maximum atomic E-state index is 11.7. The molecule has 9 nitrogen and oxygen atoms in total. The molecule has 0 bridgehead atoms. The number of piperazine rings is 1. The quantitative estimate of drug-likeness (QED) is 0.494. The van der Waals surface area contributed by atoms with Crippen molar-refractivity contribution in [2.75, 3.05) is 31.1 Å². The van der Waals surface area contributed by atoms with Crippen LogP contribution in [0.3, 0.4) is 0 Å². The lowest BCUT2D eigenvalue weighted by molar-refractivity contribution is -0.125. The van der Waals surface area contributed by atoms with E-state index in [4.69, 9.17) is 6.42 Å². The summed E-state index contributed by atoms with van der Waals surface area (Å²) < 4.78 is 1.71. The van der Waals surface area contributed by atoms with Gasteiger partial charge in [-0.3, -0.25) is 9.89 Å². The van der Waals surface area contributed by atoms with Gasteiger partial charge in [-0.15, -0.1) is 6.42 Å². The van der Waals surface area contributed by atoms with Crippen LogP contribution in [-0.2, 0) is 4.79 Å². The molecule has 0 spiro atoms. The molecule has 0 aromatic carbocycles. The predicted octanol–water partition coefficient (Wildman–Crippen LogP) is 2.25. The zero-order chi connectivity index (χ0) is 22.9. The summed E-state index contributed by atoms with van der Waals surface area (Å²) in [6.45, 7) is 4.42. The van der Waals surface area contributed by atoms with Crippen molar-refractivity contribution in [3.63, 3.8) is 0 Å². The minimum absolute atomic E-state index is 0.275. The number of rotatable bonds is 3. The largest absolute Gasteiger partial charge is 0.353 e. The van der Waals surface area contributed by atoms with Crippen LogP contribution in [0.4, 0.5) is 5.82 Å². The number of hydrogen-bond acceptors (Lipinski definition) is 6. The number of aromatic nitrogens is 5. The van der Waals surface area contributed by atoms with Gasteiger partial charge >= 0.3 is 0 Å². The maximum Gasteiger partial charge on any atom is 0.298 e. The van der Waals surface area contributed by atoms with Gasteiger partial charge in [0.2, 0.25) is 0 Å². The summed E-state index contributed by atoms with van der Waals surface area (Å²) in [5, 5.41) is 21.3. The Hall–Kier alpha value is -4.63. The van der Waals surface area contributed by atoms with Gasteiger partial charge in [0, 0.05) is 61.0 Å². The third kappa shape index (κ3) is 3.66. The Bertz CT molecular complexity index is 1430. The van der Waals surface area contributed by atoms with Crippen molar-refractivity contribution >= 4 is 17.2 Å². The number of nitriles is 1. The molecule has 1 N–H and O–H groups in total. The number of carbonyl (C=O) groups excluding carboxylic acids is 1. The van der Waals surface area contributed by atoms with Crippen molar-refractivity contribution in [3.8, 4) is 40.8 Å². The molecule has 0 saturated carbocycles. The average Bonchev–Trinajstić information content (AvgIpc) is 3.49. The van der Waals surface area contributed by atoms with E-state index in [1.54, 1.807) is 21.8 Å². The second kappa shape index (κ2) is 8.13. The molecule has 33 heavy (non-hydrogen) atoms. The lowest BCUT2D eigenvalue weighted by Crippen LogP contribution is -2.48. The van der Waals surface area contributed by atoms with Crippen LogP contribution in [0.1, 0.15) is 11.3 Å². The van der Waals surface area contributed by atoms with E-state index in [9.17, 15) is 10.1 Å². The molecule has 0 unspecified atom stereocenters. The molecule has 0 atom stereocenters. The Balaban J connectivity index is 1.49. The molecular weight excluding hydrogens is 416 g/mol. The number of hydrogen-bond donors (Lipinski definition) is 1. The molecule has 1 fully saturated rings. The Kier molecular flexibility index (Phi) is 5.00. The molecule has 1 saturated heterocycles. The molecule has 0 radical (unpaired) electrons. The van der Waals surface area contributed by atoms with Crippen molar-refractivity contribution in [3.05, 3.63) is 54.1 Å². The zero-order valence-electron chi connectivity index (χ0n) is 18.0. The standard InChI is InChI=1S/C24H20N8O/c1-3-23(33)31-8-6-30(7-9-31)22-5-4-17(13-26-22)20-11-18(21-10-16(2)28-29-21)15-32-24(20)19(12-25)14-27-32/h1,4-5,10-11,13-15H,6-9H2,2H3,(H,28,29). The highest BCUT2D eigenvalue weighted by molar-refractivity contribution is 5.93. The monoisotopic (exact) mass is 436 g/mol. The van der Waals surface area contributed by atoms with Gasteiger partial charge in [-0.05, 0) is 37.1 Å². The minimum atomic E-state index is -0.275. The Morgan fingerprint density at radius 1 is 1.15 bits per heavy atom. The fourth-order valence-electron chi connectivity index (χ4n) is 4.09. The van der Waals surface area contributed by atoms with Crippen molar-refractivity contribution in [2.24, 2.45) is 0 Å². The highest BCUT2D eigenvalue weighted by Crippen LogP contribution is 2.32. The van der Waals surface area contributed by atoms with Crippen LogP contribution in [0.2, 0.25) is 0 Å². The van der Waals surface area contributed by atoms with Crippen LogP contribution in [0.5, 0.6) is 0 Å². The van der Waals surface area contributed by atoms with Crippen molar-refractivity contribution in [1.82, 2.24) is 29.7 Å². The highest BCUT2D eigenvalue weighted by Gasteiger charge is 2.21. The molecule has 162 valence electrons. The van der Waals surface area contributed by atoms with Crippen LogP contribution in [0.25, 0.3) is 27.9 Å². The predicted molar refractivity (Wildman–Crippen MR) is 123 cm³/mol. The van der Waals surface area contributed by atoms with Crippen LogP contribution in [0, 0.1) is 30.6 Å². The number of amides is 1. The first kappa shape index (κ1) is 20.3. The molecule has 9 heteroatoms. The summed E-state index contributed by atoms with van der Waals surface area (Å²) in [5.74, 6) is 2.73. The van der Waals surface area contributed by atoms with E-state index in [2.05, 4.69) is 37.2 Å². The minimum Gasteiger partial charge on any atom is -0.353 e. The van der Waals surface area contributed by atoms with E-state index >= 15 is 0 Å². The lowest BCUT2D eigenvalue weighted by atomic mass is 10.0. The fraction of sp³-hybridized carbons (Fsp3) is 0.208. The molecule has 1 amide bonds. The van der Waals surface area contributed by atoms with Crippen molar-refractivity contribution < 1.29 is 4.79 Å². The number of terminal acetylenes is 1. The van der Waals surface area contributed by atoms with Gasteiger partial charge in [0.05, 0.1) is 23.0 Å². The van der Waals surface area contributed by atoms with Crippen molar-refractivity contribution in [2.45, 2.75) is 6.92 Å². The van der Waals surface area contributed by atoms with Crippen LogP contribution in [-0.4, -0.2) is 61.8 Å². The second-order valence-electron chi connectivity index (χ2n) is 7.87. The van der Waals surface area contributed by atoms with Gasteiger partial charge in [0.1, 0.15) is 11.9 Å². The van der Waals surface area contributed by atoms with Crippen molar-refractivity contribution in [1.29, 1.82) is 5.26 Å². The van der Waals surface area contributed by atoms with Gasteiger partial charge in [-0.25, -0.2) is 9.50 Å². The Morgan fingerprint density at radius 3 is 2.61 bits per heavy atom. The Labute approximate surface area is 190 Å². The van der Waals surface area contributed by atoms with E-state index in [0.29, 0.717) is 31.7 Å². The SMILES string of the molecule is C#CC(=O)N1CCN(c2ccc(-c3cc(-c4cc(C)[nH]n4)cn4ncc(C#N)c34)cn2)CC1. The number of nitrogens with zero attached hydrogens (tertiary/aromatic N) is 7. The second-order valence-corrected chi connectivity index (χ2v) is 7.87. The average molecular weight is 436 g/mol. The molecule has 4 aromatic rings. The summed E-state index contributed by atoms with van der Waals surface area (Å²) in [6.07, 6.45) is 10.5. The number of pyridine rings is 2. The lowest BCUT2D eigenvalue weighted by Gasteiger charge is -2.34. The molecule has 4 aromatic heterocycles. The summed E-state index contributed by atoms with van der Waals surface area (Å²) in [5.41, 5.74) is 5.58. The fourth-order valence-corrected chi connectivity index (χ4v) is 4.09.